The van der Waals surface area contributed by atoms with E-state index in [0.717, 1.165) is 11.3 Å². The van der Waals surface area contributed by atoms with Crippen LogP contribution in [0.5, 0.6) is 0 Å². The van der Waals surface area contributed by atoms with Gasteiger partial charge in [0.1, 0.15) is 0 Å². The summed E-state index contributed by atoms with van der Waals surface area (Å²) in [5.74, 6) is -0.924. The van der Waals surface area contributed by atoms with E-state index in [4.69, 9.17) is 5.11 Å². The van der Waals surface area contributed by atoms with Crippen LogP contribution in [0.4, 0.5) is 4.79 Å². The van der Waals surface area contributed by atoms with Crippen LogP contribution >= 0.6 is 0 Å². The molecule has 1 aromatic heterocycles. The maximum Gasteiger partial charge on any atom is 0.317 e. The first-order chi connectivity index (χ1) is 11.0. The Kier molecular flexibility index (Phi) is 5.35. The fraction of sp³-hybridized carbons (Fsp3) is 0.312. The first-order valence-electron chi connectivity index (χ1n) is 7.31. The molecule has 7 nitrogen and oxygen atoms in total. The van der Waals surface area contributed by atoms with Crippen molar-refractivity contribution < 1.29 is 14.7 Å². The number of carbonyl (C=O) groups is 2. The summed E-state index contributed by atoms with van der Waals surface area (Å²) < 4.78 is 1.76. The fourth-order valence-electron chi connectivity index (χ4n) is 2.08. The van der Waals surface area contributed by atoms with E-state index in [1.54, 1.807) is 17.9 Å². The van der Waals surface area contributed by atoms with E-state index in [1.165, 1.54) is 4.90 Å². The highest BCUT2D eigenvalue weighted by Gasteiger charge is 2.14. The van der Waals surface area contributed by atoms with Crippen LogP contribution in [0.25, 0.3) is 5.69 Å². The van der Waals surface area contributed by atoms with Crippen LogP contribution in [-0.2, 0) is 4.79 Å². The summed E-state index contributed by atoms with van der Waals surface area (Å²) in [4.78, 5) is 23.9. The number of urea groups is 1. The molecule has 122 valence electrons. The lowest BCUT2D eigenvalue weighted by atomic mass is 10.1. The average molecular weight is 316 g/mol. The molecule has 1 aromatic carbocycles. The van der Waals surface area contributed by atoms with Gasteiger partial charge in [-0.15, -0.1) is 0 Å². The minimum atomic E-state index is -0.924. The molecule has 0 aliphatic rings. The third-order valence-electron chi connectivity index (χ3n) is 3.51. The molecule has 23 heavy (non-hydrogen) atoms. The molecule has 0 fully saturated rings. The molecule has 1 unspecified atom stereocenters. The molecule has 2 rings (SSSR count). The molecule has 2 N–H and O–H groups in total. The summed E-state index contributed by atoms with van der Waals surface area (Å²) >= 11 is 0. The van der Waals surface area contributed by atoms with Gasteiger partial charge in [-0.2, -0.15) is 5.10 Å². The number of nitrogens with zero attached hydrogens (tertiary/aromatic N) is 3. The molecule has 0 saturated carbocycles. The number of amides is 2. The van der Waals surface area contributed by atoms with Crippen LogP contribution < -0.4 is 5.32 Å². The van der Waals surface area contributed by atoms with E-state index in [9.17, 15) is 9.59 Å². The summed E-state index contributed by atoms with van der Waals surface area (Å²) in [5, 5.41) is 15.6. The molecule has 0 saturated heterocycles. The van der Waals surface area contributed by atoms with E-state index in [-0.39, 0.29) is 25.0 Å². The lowest BCUT2D eigenvalue weighted by Crippen LogP contribution is -2.39. The number of carbonyl (C=O) groups excluding carboxylic acids is 1. The van der Waals surface area contributed by atoms with Gasteiger partial charge in [0.2, 0.25) is 0 Å². The van der Waals surface area contributed by atoms with Crippen molar-refractivity contribution in [3.8, 4) is 5.69 Å². The number of carboxylic acid groups (broad SMARTS) is 1. The zero-order chi connectivity index (χ0) is 16.8. The first kappa shape index (κ1) is 16.5. The summed E-state index contributed by atoms with van der Waals surface area (Å²) in [6.45, 7) is 2.05. The van der Waals surface area contributed by atoms with Gasteiger partial charge in [-0.3, -0.25) is 4.79 Å². The zero-order valence-electron chi connectivity index (χ0n) is 13.1. The van der Waals surface area contributed by atoms with E-state index >= 15 is 0 Å². The second kappa shape index (κ2) is 7.44. The summed E-state index contributed by atoms with van der Waals surface area (Å²) in [6, 6.07) is 9.09. The van der Waals surface area contributed by atoms with Gasteiger partial charge in [-0.25, -0.2) is 9.48 Å². The SMILES string of the molecule is CC(NC(=O)N(C)CCC(=O)O)c1ccc(-n2cccn2)cc1. The van der Waals surface area contributed by atoms with Crippen LogP contribution in [0.3, 0.4) is 0 Å². The van der Waals surface area contributed by atoms with Crippen LogP contribution in [0, 0.1) is 0 Å². The smallest absolute Gasteiger partial charge is 0.317 e. The Balaban J connectivity index is 1.93. The molecule has 0 bridgehead atoms. The number of rotatable bonds is 6. The molecule has 1 atom stereocenters. The van der Waals surface area contributed by atoms with Gasteiger partial charge in [0.15, 0.2) is 0 Å². The summed E-state index contributed by atoms with van der Waals surface area (Å²) in [7, 11) is 1.58. The average Bonchev–Trinajstić information content (AvgIpc) is 3.07. The van der Waals surface area contributed by atoms with Crippen molar-refractivity contribution in [1.82, 2.24) is 20.0 Å². The minimum absolute atomic E-state index is 0.0726. The van der Waals surface area contributed by atoms with Gasteiger partial charge in [0, 0.05) is 26.0 Å². The number of nitrogens with one attached hydrogen (secondary N) is 1. The van der Waals surface area contributed by atoms with Gasteiger partial charge in [-0.05, 0) is 30.7 Å². The number of aliphatic carboxylic acids is 1. The Hall–Kier alpha value is -2.83. The molecule has 0 spiro atoms. The lowest BCUT2D eigenvalue weighted by molar-refractivity contribution is -0.137. The normalized spacial score (nSPS) is 11.7. The van der Waals surface area contributed by atoms with E-state index in [0.29, 0.717) is 0 Å². The van der Waals surface area contributed by atoms with Crippen LogP contribution in [0.15, 0.2) is 42.7 Å². The monoisotopic (exact) mass is 316 g/mol. The molecule has 1 heterocycles. The molecular weight excluding hydrogens is 296 g/mol. The third kappa shape index (κ3) is 4.57. The molecular formula is C16H20N4O3. The maximum atomic E-state index is 12.0. The number of hydrogen-bond acceptors (Lipinski definition) is 3. The molecule has 2 aromatic rings. The van der Waals surface area contributed by atoms with Crippen molar-refractivity contribution in [3.63, 3.8) is 0 Å². The molecule has 7 heteroatoms. The van der Waals surface area contributed by atoms with Gasteiger partial charge in [0.25, 0.3) is 0 Å². The van der Waals surface area contributed by atoms with Crippen molar-refractivity contribution >= 4 is 12.0 Å². The molecule has 0 radical (unpaired) electrons. The van der Waals surface area contributed by atoms with Crippen LogP contribution in [-0.4, -0.2) is 45.4 Å². The Bertz CT molecular complexity index is 652. The highest BCUT2D eigenvalue weighted by molar-refractivity contribution is 5.75. The highest BCUT2D eigenvalue weighted by Crippen LogP contribution is 2.15. The minimum Gasteiger partial charge on any atom is -0.481 e. The van der Waals surface area contributed by atoms with Crippen molar-refractivity contribution in [2.45, 2.75) is 19.4 Å². The first-order valence-corrected chi connectivity index (χ1v) is 7.31. The van der Waals surface area contributed by atoms with Crippen molar-refractivity contribution in [3.05, 3.63) is 48.3 Å². The standard InChI is InChI=1S/C16H20N4O3/c1-12(18-16(23)19(2)11-8-15(21)22)13-4-6-14(7-5-13)20-10-3-9-17-20/h3-7,9-10,12H,8,11H2,1-2H3,(H,18,23)(H,21,22). The zero-order valence-corrected chi connectivity index (χ0v) is 13.1. The Morgan fingerprint density at radius 3 is 2.61 bits per heavy atom. The quantitative estimate of drug-likeness (QED) is 0.854. The number of benzene rings is 1. The predicted octanol–water partition coefficient (Wildman–Crippen LogP) is 2.05. The lowest BCUT2D eigenvalue weighted by Gasteiger charge is -2.21. The Labute approximate surface area is 134 Å². The second-order valence-electron chi connectivity index (χ2n) is 5.28. The molecule has 0 aliphatic carbocycles. The second-order valence-corrected chi connectivity index (χ2v) is 5.28. The van der Waals surface area contributed by atoms with E-state index < -0.39 is 5.97 Å². The number of carboxylic acids is 1. The Morgan fingerprint density at radius 1 is 1.35 bits per heavy atom. The maximum absolute atomic E-state index is 12.0. The number of aromatic nitrogens is 2. The van der Waals surface area contributed by atoms with Crippen molar-refractivity contribution in [1.29, 1.82) is 0 Å². The van der Waals surface area contributed by atoms with E-state index in [1.807, 2.05) is 43.5 Å². The Morgan fingerprint density at radius 2 is 2.04 bits per heavy atom. The highest BCUT2D eigenvalue weighted by atomic mass is 16.4. The summed E-state index contributed by atoms with van der Waals surface area (Å²) in [5.41, 5.74) is 1.90. The largest absolute Gasteiger partial charge is 0.481 e. The summed E-state index contributed by atoms with van der Waals surface area (Å²) in [6.07, 6.45) is 3.50. The van der Waals surface area contributed by atoms with Gasteiger partial charge >= 0.3 is 12.0 Å². The molecule has 2 amide bonds. The van der Waals surface area contributed by atoms with Crippen LogP contribution in [0.2, 0.25) is 0 Å². The molecule has 0 aliphatic heterocycles. The topological polar surface area (TPSA) is 87.5 Å². The van der Waals surface area contributed by atoms with E-state index in [2.05, 4.69) is 10.4 Å². The van der Waals surface area contributed by atoms with Gasteiger partial charge in [0.05, 0.1) is 18.2 Å². The van der Waals surface area contributed by atoms with Crippen molar-refractivity contribution in [2.24, 2.45) is 0 Å². The third-order valence-corrected chi connectivity index (χ3v) is 3.51. The van der Waals surface area contributed by atoms with Crippen LogP contribution in [0.1, 0.15) is 24.9 Å². The predicted molar refractivity (Wildman–Crippen MR) is 85.4 cm³/mol. The van der Waals surface area contributed by atoms with Gasteiger partial charge < -0.3 is 15.3 Å². The van der Waals surface area contributed by atoms with Crippen molar-refractivity contribution in [2.75, 3.05) is 13.6 Å². The van der Waals surface area contributed by atoms with Gasteiger partial charge in [-0.1, -0.05) is 12.1 Å². The number of hydrogen-bond donors (Lipinski definition) is 2. The fourth-order valence-corrected chi connectivity index (χ4v) is 2.08.